The lowest BCUT2D eigenvalue weighted by atomic mass is 10.2. The highest BCUT2D eigenvalue weighted by molar-refractivity contribution is 7.92. The number of carbonyl (C=O) groups is 1. The van der Waals surface area contributed by atoms with Gasteiger partial charge in [0.25, 0.3) is 15.9 Å². The van der Waals surface area contributed by atoms with Crippen LogP contribution in [0.1, 0.15) is 12.5 Å². The molecule has 0 heterocycles. The Morgan fingerprint density at radius 1 is 1.06 bits per heavy atom. The van der Waals surface area contributed by atoms with Crippen LogP contribution in [0.3, 0.4) is 0 Å². The number of hydrogen-bond acceptors (Lipinski definition) is 6. The van der Waals surface area contributed by atoms with Crippen LogP contribution < -0.4 is 19.2 Å². The number of hydrogen-bond donors (Lipinski definition) is 1. The highest BCUT2D eigenvalue weighted by atomic mass is 35.5. The molecule has 0 spiro atoms. The van der Waals surface area contributed by atoms with Crippen LogP contribution in [0.5, 0.6) is 11.5 Å². The number of nitrogens with zero attached hydrogens (tertiary/aromatic N) is 2. The number of anilines is 1. The first-order chi connectivity index (χ1) is 16.3. The van der Waals surface area contributed by atoms with E-state index in [1.807, 2.05) is 6.92 Å². The third-order valence-corrected chi connectivity index (χ3v) is 6.66. The molecule has 178 valence electrons. The summed E-state index contributed by atoms with van der Waals surface area (Å²) < 4.78 is 38.3. The topological polar surface area (TPSA) is 97.3 Å². The van der Waals surface area contributed by atoms with Crippen molar-refractivity contribution in [3.63, 3.8) is 0 Å². The number of halogens is 1. The molecule has 3 aromatic rings. The van der Waals surface area contributed by atoms with Crippen LogP contribution in [0.4, 0.5) is 5.69 Å². The average molecular weight is 502 g/mol. The lowest BCUT2D eigenvalue weighted by Gasteiger charge is -2.24. The molecule has 0 aromatic heterocycles. The summed E-state index contributed by atoms with van der Waals surface area (Å²) in [6.07, 6.45) is 1.44. The number of methoxy groups -OCH3 is 1. The maximum absolute atomic E-state index is 13.4. The van der Waals surface area contributed by atoms with E-state index in [1.165, 1.54) is 30.5 Å². The Kier molecular flexibility index (Phi) is 8.50. The van der Waals surface area contributed by atoms with Gasteiger partial charge in [-0.3, -0.25) is 9.10 Å². The predicted octanol–water partition coefficient (Wildman–Crippen LogP) is 4.09. The molecule has 0 atom stereocenters. The number of hydrazone groups is 1. The summed E-state index contributed by atoms with van der Waals surface area (Å²) in [5.41, 5.74) is 3.37. The molecule has 0 bridgehead atoms. The van der Waals surface area contributed by atoms with Crippen molar-refractivity contribution in [2.75, 3.05) is 24.6 Å². The smallest absolute Gasteiger partial charge is 0.264 e. The maximum atomic E-state index is 13.4. The van der Waals surface area contributed by atoms with Crippen LogP contribution in [-0.2, 0) is 14.8 Å². The van der Waals surface area contributed by atoms with Crippen LogP contribution in [0, 0.1) is 0 Å². The predicted molar refractivity (Wildman–Crippen MR) is 132 cm³/mol. The first-order valence-electron chi connectivity index (χ1n) is 10.3. The summed E-state index contributed by atoms with van der Waals surface area (Å²) in [6, 6.07) is 19.3. The molecule has 1 N–H and O–H groups in total. The van der Waals surface area contributed by atoms with E-state index in [4.69, 9.17) is 21.1 Å². The Morgan fingerprint density at radius 3 is 2.41 bits per heavy atom. The Labute approximate surface area is 203 Å². The molecule has 8 nitrogen and oxygen atoms in total. The van der Waals surface area contributed by atoms with E-state index in [0.717, 1.165) is 4.31 Å². The van der Waals surface area contributed by atoms with Gasteiger partial charge in [0, 0.05) is 5.02 Å². The number of rotatable bonds is 10. The van der Waals surface area contributed by atoms with Crippen LogP contribution in [0.15, 0.2) is 82.8 Å². The number of nitrogens with one attached hydrogen (secondary N) is 1. The second kappa shape index (κ2) is 11.5. The molecule has 0 aliphatic rings. The minimum absolute atomic E-state index is 0.00142. The first kappa shape index (κ1) is 25.1. The Morgan fingerprint density at radius 2 is 1.76 bits per heavy atom. The molecule has 0 radical (unpaired) electrons. The number of ether oxygens (including phenoxy) is 2. The van der Waals surface area contributed by atoms with Crippen LogP contribution in [0.2, 0.25) is 5.02 Å². The normalized spacial score (nSPS) is 11.3. The molecule has 34 heavy (non-hydrogen) atoms. The fourth-order valence-corrected chi connectivity index (χ4v) is 4.54. The van der Waals surface area contributed by atoms with Gasteiger partial charge in [0.2, 0.25) is 0 Å². The van der Waals surface area contributed by atoms with Crippen molar-refractivity contribution in [1.29, 1.82) is 0 Å². The average Bonchev–Trinajstić information content (AvgIpc) is 2.84. The lowest BCUT2D eigenvalue weighted by molar-refractivity contribution is -0.119. The van der Waals surface area contributed by atoms with Crippen molar-refractivity contribution in [2.24, 2.45) is 5.10 Å². The van der Waals surface area contributed by atoms with E-state index in [-0.39, 0.29) is 4.90 Å². The molecule has 0 fully saturated rings. The summed E-state index contributed by atoms with van der Waals surface area (Å²) in [4.78, 5) is 12.6. The van der Waals surface area contributed by atoms with E-state index in [9.17, 15) is 13.2 Å². The molecule has 1 amide bonds. The van der Waals surface area contributed by atoms with Gasteiger partial charge in [0.05, 0.1) is 30.5 Å². The number of benzene rings is 3. The Balaban J connectivity index is 1.83. The van der Waals surface area contributed by atoms with Crippen molar-refractivity contribution in [2.45, 2.75) is 11.8 Å². The molecular weight excluding hydrogens is 478 g/mol. The van der Waals surface area contributed by atoms with Crippen LogP contribution in [0.25, 0.3) is 0 Å². The fourth-order valence-electron chi connectivity index (χ4n) is 2.99. The third-order valence-electron chi connectivity index (χ3n) is 4.62. The van der Waals surface area contributed by atoms with Gasteiger partial charge in [0.15, 0.2) is 0 Å². The van der Waals surface area contributed by atoms with Gasteiger partial charge in [-0.2, -0.15) is 5.10 Å². The van der Waals surface area contributed by atoms with E-state index in [0.29, 0.717) is 34.4 Å². The largest absolute Gasteiger partial charge is 0.497 e. The molecule has 3 rings (SSSR count). The van der Waals surface area contributed by atoms with Gasteiger partial charge >= 0.3 is 0 Å². The molecule has 0 unspecified atom stereocenters. The van der Waals surface area contributed by atoms with Gasteiger partial charge in [-0.05, 0) is 73.2 Å². The fraction of sp³-hybridized carbons (Fsp3) is 0.167. The Bertz CT molecular complexity index is 1250. The molecule has 0 aliphatic heterocycles. The summed E-state index contributed by atoms with van der Waals surface area (Å²) in [5.74, 6) is 0.610. The standard InChI is InChI=1S/C24H24ClN3O5S/c1-3-33-21-11-9-20(10-12-21)28(34(30,31)23-13-7-19(25)8-14-23)17-24(29)27-26-16-18-5-4-6-22(15-18)32-2/h4-16H,3,17H2,1-2H3,(H,27,29)/b26-16-. The molecule has 0 saturated carbocycles. The van der Waals surface area contributed by atoms with Crippen molar-refractivity contribution >= 4 is 39.4 Å². The van der Waals surface area contributed by atoms with Crippen molar-refractivity contribution in [3.8, 4) is 11.5 Å². The van der Waals surface area contributed by atoms with Crippen molar-refractivity contribution in [3.05, 3.63) is 83.4 Å². The highest BCUT2D eigenvalue weighted by Crippen LogP contribution is 2.26. The monoisotopic (exact) mass is 501 g/mol. The lowest BCUT2D eigenvalue weighted by Crippen LogP contribution is -2.39. The van der Waals surface area contributed by atoms with E-state index in [2.05, 4.69) is 10.5 Å². The maximum Gasteiger partial charge on any atom is 0.264 e. The highest BCUT2D eigenvalue weighted by Gasteiger charge is 2.27. The molecule has 3 aromatic carbocycles. The SMILES string of the molecule is CCOc1ccc(N(CC(=O)N/N=C\c2cccc(OC)c2)S(=O)(=O)c2ccc(Cl)cc2)cc1. The molecule has 10 heteroatoms. The molecule has 0 saturated heterocycles. The zero-order valence-electron chi connectivity index (χ0n) is 18.6. The van der Waals surface area contributed by atoms with Gasteiger partial charge < -0.3 is 9.47 Å². The second-order valence-corrected chi connectivity index (χ2v) is 9.26. The van der Waals surface area contributed by atoms with E-state index >= 15 is 0 Å². The van der Waals surface area contributed by atoms with Crippen molar-refractivity contribution < 1.29 is 22.7 Å². The summed E-state index contributed by atoms with van der Waals surface area (Å²) in [5, 5.41) is 4.33. The summed E-state index contributed by atoms with van der Waals surface area (Å²) >= 11 is 5.91. The van der Waals surface area contributed by atoms with Gasteiger partial charge in [-0.15, -0.1) is 0 Å². The first-order valence-corrected chi connectivity index (χ1v) is 12.1. The quantitative estimate of drug-likeness (QED) is 0.333. The zero-order valence-corrected chi connectivity index (χ0v) is 20.2. The summed E-state index contributed by atoms with van der Waals surface area (Å²) in [6.45, 7) is 1.83. The minimum atomic E-state index is -4.07. The minimum Gasteiger partial charge on any atom is -0.497 e. The number of carbonyl (C=O) groups excluding carboxylic acids is 1. The van der Waals surface area contributed by atoms with Gasteiger partial charge in [-0.1, -0.05) is 23.7 Å². The van der Waals surface area contributed by atoms with E-state index in [1.54, 1.807) is 55.6 Å². The second-order valence-electron chi connectivity index (χ2n) is 6.96. The number of amides is 1. The van der Waals surface area contributed by atoms with Gasteiger partial charge in [0.1, 0.15) is 18.0 Å². The molecular formula is C24H24ClN3O5S. The molecule has 0 aliphatic carbocycles. The van der Waals surface area contributed by atoms with Crippen LogP contribution >= 0.6 is 11.6 Å². The summed E-state index contributed by atoms with van der Waals surface area (Å²) in [7, 11) is -2.52. The third kappa shape index (κ3) is 6.49. The van der Waals surface area contributed by atoms with Crippen LogP contribution in [-0.4, -0.2) is 40.8 Å². The van der Waals surface area contributed by atoms with Crippen molar-refractivity contribution in [1.82, 2.24) is 5.43 Å². The number of sulfonamides is 1. The Hall–Kier alpha value is -3.56. The van der Waals surface area contributed by atoms with Gasteiger partial charge in [-0.25, -0.2) is 13.8 Å². The van der Waals surface area contributed by atoms with E-state index < -0.39 is 22.5 Å². The zero-order chi connectivity index (χ0) is 24.6.